The minimum atomic E-state index is -0.464. The molecule has 8 nitrogen and oxygen atoms in total. The summed E-state index contributed by atoms with van der Waals surface area (Å²) in [5, 5.41) is 10.8. The molecule has 112 valence electrons. The molecule has 0 unspecified atom stereocenters. The van der Waals surface area contributed by atoms with E-state index in [0.717, 1.165) is 19.6 Å². The molecular weight excluding hydrogens is 260 g/mol. The Balaban J connectivity index is 2.22. The van der Waals surface area contributed by atoms with Gasteiger partial charge < -0.3 is 26.0 Å². The minimum Gasteiger partial charge on any atom is -0.465 e. The van der Waals surface area contributed by atoms with Crippen LogP contribution in [0.2, 0.25) is 0 Å². The van der Waals surface area contributed by atoms with Gasteiger partial charge in [0.25, 0.3) is 0 Å². The summed E-state index contributed by atoms with van der Waals surface area (Å²) in [6, 6.07) is 0.273. The highest BCUT2D eigenvalue weighted by Gasteiger charge is 2.26. The molecule has 0 atom stereocenters. The van der Waals surface area contributed by atoms with Crippen LogP contribution in [0.15, 0.2) is 0 Å². The molecular formula is C12H22N6O2. The standard InChI is InChI=1S/C12H22N6O2/c1-17(2)4-5-18-10(13)9(12(19)20-3)11(16-18)15-8-6-14-7-8/h8,14H,4-7,13H2,1-3H3,(H,15,16). The molecule has 0 aromatic carbocycles. The lowest BCUT2D eigenvalue weighted by Crippen LogP contribution is -2.51. The average Bonchev–Trinajstić information content (AvgIpc) is 2.67. The van der Waals surface area contributed by atoms with Crippen LogP contribution in [0.5, 0.6) is 0 Å². The number of rotatable bonds is 6. The van der Waals surface area contributed by atoms with Crippen LogP contribution >= 0.6 is 0 Å². The fourth-order valence-electron chi connectivity index (χ4n) is 1.93. The number of hydrogen-bond donors (Lipinski definition) is 3. The van der Waals surface area contributed by atoms with Gasteiger partial charge in [-0.2, -0.15) is 5.10 Å². The van der Waals surface area contributed by atoms with E-state index in [1.165, 1.54) is 7.11 Å². The van der Waals surface area contributed by atoms with Crippen LogP contribution in [-0.2, 0) is 11.3 Å². The number of nitrogens with one attached hydrogen (secondary N) is 2. The molecule has 0 spiro atoms. The molecule has 2 rings (SSSR count). The smallest absolute Gasteiger partial charge is 0.345 e. The van der Waals surface area contributed by atoms with Gasteiger partial charge in [-0.3, -0.25) is 0 Å². The number of anilines is 2. The van der Waals surface area contributed by atoms with Crippen LogP contribution in [0, 0.1) is 0 Å². The summed E-state index contributed by atoms with van der Waals surface area (Å²) in [4.78, 5) is 13.9. The van der Waals surface area contributed by atoms with Crippen molar-refractivity contribution in [1.29, 1.82) is 0 Å². The monoisotopic (exact) mass is 282 g/mol. The van der Waals surface area contributed by atoms with Crippen molar-refractivity contribution in [3.05, 3.63) is 5.56 Å². The SMILES string of the molecule is COC(=O)c1c(NC2CNC2)nn(CCN(C)C)c1N. The number of methoxy groups -OCH3 is 1. The first kappa shape index (κ1) is 14.6. The number of nitrogen functional groups attached to an aromatic ring is 1. The molecule has 0 amide bonds. The first-order chi connectivity index (χ1) is 9.52. The van der Waals surface area contributed by atoms with E-state index in [4.69, 9.17) is 10.5 Å². The number of carbonyl (C=O) groups is 1. The van der Waals surface area contributed by atoms with Gasteiger partial charge in [0.05, 0.1) is 19.7 Å². The third-order valence-electron chi connectivity index (χ3n) is 3.26. The predicted molar refractivity (Wildman–Crippen MR) is 76.8 cm³/mol. The van der Waals surface area contributed by atoms with Gasteiger partial charge in [-0.1, -0.05) is 0 Å². The molecule has 1 aromatic heterocycles. The normalized spacial score (nSPS) is 15.2. The highest BCUT2D eigenvalue weighted by atomic mass is 16.5. The number of ether oxygens (including phenoxy) is 1. The van der Waals surface area contributed by atoms with Crippen LogP contribution in [0.3, 0.4) is 0 Å². The van der Waals surface area contributed by atoms with Gasteiger partial charge in [-0.05, 0) is 14.1 Å². The number of carbonyl (C=O) groups excluding carboxylic acids is 1. The summed E-state index contributed by atoms with van der Waals surface area (Å²) in [5.74, 6) is 0.376. The number of hydrogen-bond acceptors (Lipinski definition) is 7. The zero-order chi connectivity index (χ0) is 14.7. The lowest BCUT2D eigenvalue weighted by Gasteiger charge is -2.28. The van der Waals surface area contributed by atoms with Crippen LogP contribution in [-0.4, -0.2) is 67.5 Å². The largest absolute Gasteiger partial charge is 0.465 e. The van der Waals surface area contributed by atoms with Crippen molar-refractivity contribution >= 4 is 17.6 Å². The van der Waals surface area contributed by atoms with Gasteiger partial charge in [-0.15, -0.1) is 0 Å². The van der Waals surface area contributed by atoms with Crippen molar-refractivity contribution in [2.75, 3.05) is 51.9 Å². The molecule has 1 aliphatic rings. The van der Waals surface area contributed by atoms with Gasteiger partial charge in [0, 0.05) is 19.6 Å². The van der Waals surface area contributed by atoms with Crippen molar-refractivity contribution in [3.63, 3.8) is 0 Å². The van der Waals surface area contributed by atoms with Gasteiger partial charge in [-0.25, -0.2) is 9.48 Å². The van der Waals surface area contributed by atoms with Gasteiger partial charge >= 0.3 is 5.97 Å². The maximum atomic E-state index is 11.9. The Hall–Kier alpha value is -1.80. The third-order valence-corrected chi connectivity index (χ3v) is 3.26. The van der Waals surface area contributed by atoms with Crippen LogP contribution in [0.25, 0.3) is 0 Å². The quantitative estimate of drug-likeness (QED) is 0.587. The molecule has 1 aliphatic heterocycles. The fourth-order valence-corrected chi connectivity index (χ4v) is 1.93. The predicted octanol–water partition coefficient (Wildman–Crippen LogP) is -0.803. The molecule has 0 bridgehead atoms. The summed E-state index contributed by atoms with van der Waals surface area (Å²) < 4.78 is 6.43. The molecule has 1 aromatic rings. The molecule has 4 N–H and O–H groups in total. The van der Waals surface area contributed by atoms with Crippen molar-refractivity contribution in [2.45, 2.75) is 12.6 Å². The Morgan fingerprint density at radius 3 is 2.80 bits per heavy atom. The Kier molecular flexibility index (Phi) is 4.46. The Labute approximate surface area is 118 Å². The average molecular weight is 282 g/mol. The number of nitrogens with zero attached hydrogens (tertiary/aromatic N) is 3. The topological polar surface area (TPSA) is 97.4 Å². The van der Waals surface area contributed by atoms with E-state index in [-0.39, 0.29) is 6.04 Å². The van der Waals surface area contributed by atoms with Crippen molar-refractivity contribution in [2.24, 2.45) is 0 Å². The molecule has 0 radical (unpaired) electrons. The molecule has 8 heteroatoms. The van der Waals surface area contributed by atoms with Crippen LogP contribution in [0.4, 0.5) is 11.6 Å². The summed E-state index contributed by atoms with van der Waals surface area (Å²) >= 11 is 0. The summed E-state index contributed by atoms with van der Waals surface area (Å²) in [6.45, 7) is 3.11. The van der Waals surface area contributed by atoms with Crippen molar-refractivity contribution in [1.82, 2.24) is 20.0 Å². The number of likely N-dealkylation sites (N-methyl/N-ethyl adjacent to an activating group) is 1. The first-order valence-corrected chi connectivity index (χ1v) is 6.59. The molecule has 1 fully saturated rings. The number of esters is 1. The Morgan fingerprint density at radius 1 is 1.60 bits per heavy atom. The van der Waals surface area contributed by atoms with Gasteiger partial charge in [0.15, 0.2) is 5.82 Å². The zero-order valence-electron chi connectivity index (χ0n) is 12.1. The van der Waals surface area contributed by atoms with E-state index in [1.54, 1.807) is 4.68 Å². The third kappa shape index (κ3) is 3.02. The summed E-state index contributed by atoms with van der Waals surface area (Å²) in [5.41, 5.74) is 6.35. The van der Waals surface area contributed by atoms with E-state index < -0.39 is 5.97 Å². The second kappa shape index (κ2) is 6.10. The summed E-state index contributed by atoms with van der Waals surface area (Å²) in [7, 11) is 5.29. The molecule has 2 heterocycles. The number of nitrogens with two attached hydrogens (primary N) is 1. The fraction of sp³-hybridized carbons (Fsp3) is 0.667. The van der Waals surface area contributed by atoms with Crippen molar-refractivity contribution < 1.29 is 9.53 Å². The Morgan fingerprint density at radius 2 is 2.30 bits per heavy atom. The second-order valence-corrected chi connectivity index (χ2v) is 5.13. The van der Waals surface area contributed by atoms with Crippen LogP contribution < -0.4 is 16.4 Å². The van der Waals surface area contributed by atoms with Gasteiger partial charge in [0.1, 0.15) is 11.4 Å². The molecule has 20 heavy (non-hydrogen) atoms. The van der Waals surface area contributed by atoms with E-state index in [9.17, 15) is 4.79 Å². The van der Waals surface area contributed by atoms with E-state index in [1.807, 2.05) is 19.0 Å². The number of aromatic nitrogens is 2. The molecule has 1 saturated heterocycles. The maximum Gasteiger partial charge on any atom is 0.345 e. The lowest BCUT2D eigenvalue weighted by molar-refractivity contribution is 0.0603. The highest BCUT2D eigenvalue weighted by molar-refractivity contribution is 5.99. The lowest BCUT2D eigenvalue weighted by atomic mass is 10.2. The van der Waals surface area contributed by atoms with Crippen molar-refractivity contribution in [3.8, 4) is 0 Å². The van der Waals surface area contributed by atoms with E-state index >= 15 is 0 Å². The van der Waals surface area contributed by atoms with E-state index in [2.05, 4.69) is 15.7 Å². The molecule has 0 aliphatic carbocycles. The molecule has 0 saturated carbocycles. The first-order valence-electron chi connectivity index (χ1n) is 6.59. The maximum absolute atomic E-state index is 11.9. The summed E-state index contributed by atoms with van der Waals surface area (Å²) in [6.07, 6.45) is 0. The Bertz CT molecular complexity index is 481. The van der Waals surface area contributed by atoms with Gasteiger partial charge in [0.2, 0.25) is 0 Å². The van der Waals surface area contributed by atoms with E-state index in [0.29, 0.717) is 23.7 Å². The zero-order valence-corrected chi connectivity index (χ0v) is 12.1. The highest BCUT2D eigenvalue weighted by Crippen LogP contribution is 2.23. The van der Waals surface area contributed by atoms with Crippen LogP contribution in [0.1, 0.15) is 10.4 Å². The second-order valence-electron chi connectivity index (χ2n) is 5.13. The minimum absolute atomic E-state index is 0.273.